The van der Waals surface area contributed by atoms with Gasteiger partial charge in [-0.05, 0) is 50.8 Å². The van der Waals surface area contributed by atoms with E-state index in [1.807, 2.05) is 13.0 Å². The fraction of sp³-hybridized carbons (Fsp3) is 0.500. The van der Waals surface area contributed by atoms with Crippen molar-refractivity contribution in [3.05, 3.63) is 23.8 Å². The lowest BCUT2D eigenvalue weighted by molar-refractivity contribution is 0.0956. The van der Waals surface area contributed by atoms with E-state index in [0.717, 1.165) is 11.6 Å². The van der Waals surface area contributed by atoms with Crippen LogP contribution < -0.4 is 16.4 Å². The predicted octanol–water partition coefficient (Wildman–Crippen LogP) is 2.23. The van der Waals surface area contributed by atoms with Gasteiger partial charge < -0.3 is 16.4 Å². The molecule has 4 heteroatoms. The zero-order chi connectivity index (χ0) is 13.1. The molecule has 18 heavy (non-hydrogen) atoms. The largest absolute Gasteiger partial charge is 0.397 e. The monoisotopic (exact) mass is 247 g/mol. The third kappa shape index (κ3) is 2.94. The third-order valence-electron chi connectivity index (χ3n) is 3.37. The van der Waals surface area contributed by atoms with Gasteiger partial charge in [0.2, 0.25) is 0 Å². The third-order valence-corrected chi connectivity index (χ3v) is 3.37. The van der Waals surface area contributed by atoms with Crippen LogP contribution >= 0.6 is 0 Å². The zero-order valence-corrected chi connectivity index (χ0v) is 11.0. The molecule has 4 nitrogen and oxygen atoms in total. The lowest BCUT2D eigenvalue weighted by Crippen LogP contribution is -2.23. The van der Waals surface area contributed by atoms with Crippen LogP contribution in [0, 0.1) is 5.92 Å². The molecule has 1 saturated carbocycles. The summed E-state index contributed by atoms with van der Waals surface area (Å²) >= 11 is 0. The van der Waals surface area contributed by atoms with Crippen LogP contribution in [0.5, 0.6) is 0 Å². The van der Waals surface area contributed by atoms with E-state index >= 15 is 0 Å². The summed E-state index contributed by atoms with van der Waals surface area (Å²) in [4.78, 5) is 11.8. The molecule has 1 amide bonds. The molecule has 0 aromatic heterocycles. The van der Waals surface area contributed by atoms with Crippen LogP contribution in [-0.4, -0.2) is 18.5 Å². The van der Waals surface area contributed by atoms with Crippen LogP contribution in [0.4, 0.5) is 11.4 Å². The van der Waals surface area contributed by atoms with Crippen molar-refractivity contribution in [2.75, 3.05) is 17.6 Å². The van der Waals surface area contributed by atoms with E-state index in [1.165, 1.54) is 12.8 Å². The van der Waals surface area contributed by atoms with Crippen molar-refractivity contribution in [3.63, 3.8) is 0 Å². The Morgan fingerprint density at radius 3 is 2.83 bits per heavy atom. The summed E-state index contributed by atoms with van der Waals surface area (Å²) in [6, 6.07) is 5.79. The van der Waals surface area contributed by atoms with Crippen molar-refractivity contribution >= 4 is 17.3 Å². The second-order valence-corrected chi connectivity index (χ2v) is 4.93. The molecule has 1 fully saturated rings. The van der Waals surface area contributed by atoms with Gasteiger partial charge in [0.05, 0.1) is 11.4 Å². The van der Waals surface area contributed by atoms with Crippen LogP contribution in [0.3, 0.4) is 0 Å². The number of hydrogen-bond acceptors (Lipinski definition) is 3. The van der Waals surface area contributed by atoms with Crippen LogP contribution in [0.2, 0.25) is 0 Å². The molecule has 0 aliphatic heterocycles. The second kappa shape index (κ2) is 5.29. The highest BCUT2D eigenvalue weighted by molar-refractivity contribution is 5.96. The van der Waals surface area contributed by atoms with E-state index in [1.54, 1.807) is 12.1 Å². The van der Waals surface area contributed by atoms with Gasteiger partial charge in [-0.3, -0.25) is 4.79 Å². The minimum absolute atomic E-state index is 0.0559. The molecule has 0 spiro atoms. The number of anilines is 2. The van der Waals surface area contributed by atoms with Gasteiger partial charge in [-0.2, -0.15) is 0 Å². The number of nitrogen functional groups attached to an aromatic ring is 1. The number of carbonyl (C=O) groups is 1. The lowest BCUT2D eigenvalue weighted by atomic mass is 10.1. The fourth-order valence-corrected chi connectivity index (χ4v) is 2.04. The maximum atomic E-state index is 11.8. The maximum absolute atomic E-state index is 11.8. The van der Waals surface area contributed by atoms with Gasteiger partial charge in [0.1, 0.15) is 0 Å². The van der Waals surface area contributed by atoms with Crippen LogP contribution in [-0.2, 0) is 0 Å². The summed E-state index contributed by atoms with van der Waals surface area (Å²) < 4.78 is 0. The number of amides is 1. The lowest BCUT2D eigenvalue weighted by Gasteiger charge is -2.17. The Balaban J connectivity index is 2.12. The van der Waals surface area contributed by atoms with Crippen LogP contribution in [0.1, 0.15) is 37.0 Å². The van der Waals surface area contributed by atoms with Gasteiger partial charge >= 0.3 is 0 Å². The van der Waals surface area contributed by atoms with Gasteiger partial charge in [-0.25, -0.2) is 0 Å². The molecule has 2 rings (SSSR count). The molecule has 4 N–H and O–H groups in total. The van der Waals surface area contributed by atoms with Crippen molar-refractivity contribution in [2.45, 2.75) is 32.7 Å². The van der Waals surface area contributed by atoms with Crippen molar-refractivity contribution in [2.24, 2.45) is 5.92 Å². The van der Waals surface area contributed by atoms with Gasteiger partial charge in [0.25, 0.3) is 5.91 Å². The van der Waals surface area contributed by atoms with Crippen molar-refractivity contribution < 1.29 is 4.79 Å². The fourth-order valence-electron chi connectivity index (χ4n) is 2.04. The van der Waals surface area contributed by atoms with Gasteiger partial charge in [0.15, 0.2) is 0 Å². The van der Waals surface area contributed by atoms with E-state index in [9.17, 15) is 4.79 Å². The topological polar surface area (TPSA) is 67.2 Å². The summed E-state index contributed by atoms with van der Waals surface area (Å²) in [7, 11) is 0. The van der Waals surface area contributed by atoms with E-state index in [4.69, 9.17) is 5.73 Å². The summed E-state index contributed by atoms with van der Waals surface area (Å²) in [5, 5.41) is 6.19. The Labute approximate surface area is 108 Å². The Morgan fingerprint density at radius 2 is 2.22 bits per heavy atom. The number of hydrogen-bond donors (Lipinski definition) is 3. The highest BCUT2D eigenvalue weighted by atomic mass is 16.1. The molecule has 1 unspecified atom stereocenters. The first-order valence-corrected chi connectivity index (χ1v) is 6.56. The number of benzene rings is 1. The summed E-state index contributed by atoms with van der Waals surface area (Å²) in [5.74, 6) is 0.692. The van der Waals surface area contributed by atoms with Crippen LogP contribution in [0.15, 0.2) is 18.2 Å². The molecule has 0 radical (unpaired) electrons. The normalized spacial score (nSPS) is 16.1. The molecule has 98 valence electrons. The molecular weight excluding hydrogens is 226 g/mol. The Kier molecular flexibility index (Phi) is 3.75. The van der Waals surface area contributed by atoms with Gasteiger partial charge in [-0.1, -0.05) is 0 Å². The first kappa shape index (κ1) is 12.7. The maximum Gasteiger partial charge on any atom is 0.251 e. The average Bonchev–Trinajstić information content (AvgIpc) is 3.16. The molecule has 1 aliphatic rings. The molecular formula is C14H21N3O. The Hall–Kier alpha value is -1.71. The highest BCUT2D eigenvalue weighted by Crippen LogP contribution is 2.34. The average molecular weight is 247 g/mol. The summed E-state index contributed by atoms with van der Waals surface area (Å²) in [6.45, 7) is 4.70. The summed E-state index contributed by atoms with van der Waals surface area (Å²) in [5.41, 5.74) is 8.14. The molecule has 1 aromatic carbocycles. The Bertz CT molecular complexity index is 441. The van der Waals surface area contributed by atoms with Gasteiger partial charge in [0, 0.05) is 18.2 Å². The minimum atomic E-state index is -0.0559. The van der Waals surface area contributed by atoms with Crippen LogP contribution in [0.25, 0.3) is 0 Å². The van der Waals surface area contributed by atoms with Crippen molar-refractivity contribution in [1.29, 1.82) is 0 Å². The Morgan fingerprint density at radius 1 is 1.50 bits per heavy atom. The van der Waals surface area contributed by atoms with Crippen molar-refractivity contribution in [3.8, 4) is 0 Å². The zero-order valence-electron chi connectivity index (χ0n) is 11.0. The SMILES string of the molecule is CCNC(=O)c1ccc(N)c(NC(C)C2CC2)c1. The number of carbonyl (C=O) groups excluding carboxylic acids is 1. The smallest absolute Gasteiger partial charge is 0.251 e. The minimum Gasteiger partial charge on any atom is -0.397 e. The van der Waals surface area contributed by atoms with Crippen molar-refractivity contribution in [1.82, 2.24) is 5.32 Å². The first-order chi connectivity index (χ1) is 8.61. The standard InChI is InChI=1S/C14H21N3O/c1-3-16-14(18)11-6-7-12(15)13(8-11)17-9(2)10-4-5-10/h6-10,17H,3-5,15H2,1-2H3,(H,16,18). The quantitative estimate of drug-likeness (QED) is 0.699. The highest BCUT2D eigenvalue weighted by Gasteiger charge is 2.28. The number of nitrogens with one attached hydrogen (secondary N) is 2. The van der Waals surface area contributed by atoms with E-state index < -0.39 is 0 Å². The first-order valence-electron chi connectivity index (χ1n) is 6.56. The molecule has 0 bridgehead atoms. The number of rotatable bonds is 5. The van der Waals surface area contributed by atoms with E-state index in [0.29, 0.717) is 23.8 Å². The number of nitrogens with two attached hydrogens (primary N) is 1. The van der Waals surface area contributed by atoms with E-state index in [2.05, 4.69) is 17.6 Å². The molecule has 0 saturated heterocycles. The predicted molar refractivity (Wildman–Crippen MR) is 74.7 cm³/mol. The molecule has 1 aromatic rings. The molecule has 1 aliphatic carbocycles. The summed E-state index contributed by atoms with van der Waals surface area (Å²) in [6.07, 6.45) is 2.56. The molecule has 1 atom stereocenters. The van der Waals surface area contributed by atoms with E-state index in [-0.39, 0.29) is 5.91 Å². The van der Waals surface area contributed by atoms with Gasteiger partial charge in [-0.15, -0.1) is 0 Å². The molecule has 0 heterocycles. The second-order valence-electron chi connectivity index (χ2n) is 4.93.